The molecule has 0 aliphatic heterocycles. The molecular formula is C21H19N3O3S. The number of rotatable bonds is 7. The molecule has 2 N–H and O–H groups in total. The molecule has 1 heterocycles. The lowest BCUT2D eigenvalue weighted by Gasteiger charge is -2.15. The number of hydrogen-bond donors (Lipinski definition) is 2. The van der Waals surface area contributed by atoms with Crippen LogP contribution in [0, 0.1) is 11.3 Å². The third-order valence-corrected chi connectivity index (χ3v) is 4.78. The smallest absolute Gasteiger partial charge is 0.247 e. The fourth-order valence-electron chi connectivity index (χ4n) is 2.48. The molecule has 3 rings (SSSR count). The molecule has 0 fully saturated rings. The molecule has 1 aromatic heterocycles. The first kappa shape index (κ1) is 19.3. The monoisotopic (exact) mass is 393 g/mol. The van der Waals surface area contributed by atoms with Gasteiger partial charge in [-0.15, -0.1) is 11.3 Å². The van der Waals surface area contributed by atoms with Crippen LogP contribution in [0.25, 0.3) is 0 Å². The van der Waals surface area contributed by atoms with Crippen LogP contribution >= 0.6 is 11.3 Å². The molecule has 28 heavy (non-hydrogen) atoms. The van der Waals surface area contributed by atoms with Crippen LogP contribution in [0.1, 0.15) is 12.5 Å². The van der Waals surface area contributed by atoms with Gasteiger partial charge in [0, 0.05) is 5.69 Å². The summed E-state index contributed by atoms with van der Waals surface area (Å²) in [7, 11) is 1.59. The van der Waals surface area contributed by atoms with Crippen LogP contribution in [-0.4, -0.2) is 19.1 Å². The molecule has 0 saturated carbocycles. The number of amides is 1. The molecular weight excluding hydrogens is 374 g/mol. The highest BCUT2D eigenvalue weighted by molar-refractivity contribution is 7.14. The maximum atomic E-state index is 12.3. The third kappa shape index (κ3) is 4.61. The van der Waals surface area contributed by atoms with E-state index >= 15 is 0 Å². The van der Waals surface area contributed by atoms with Gasteiger partial charge in [0.1, 0.15) is 22.9 Å². The van der Waals surface area contributed by atoms with E-state index in [1.165, 1.54) is 11.3 Å². The summed E-state index contributed by atoms with van der Waals surface area (Å²) in [5, 5.41) is 17.3. The van der Waals surface area contributed by atoms with Crippen molar-refractivity contribution in [3.8, 4) is 23.3 Å². The maximum absolute atomic E-state index is 12.3. The minimum atomic E-state index is -0.477. The summed E-state index contributed by atoms with van der Waals surface area (Å²) in [5.74, 6) is 1.72. The number of para-hydroxylation sites is 2. The molecule has 0 aliphatic rings. The summed E-state index contributed by atoms with van der Waals surface area (Å²) < 4.78 is 11.1. The first-order valence-corrected chi connectivity index (χ1v) is 9.44. The van der Waals surface area contributed by atoms with Crippen molar-refractivity contribution >= 4 is 27.9 Å². The van der Waals surface area contributed by atoms with Crippen molar-refractivity contribution in [3.05, 3.63) is 65.5 Å². The Morgan fingerprint density at radius 3 is 2.50 bits per heavy atom. The van der Waals surface area contributed by atoms with Crippen LogP contribution in [0.2, 0.25) is 0 Å². The number of ether oxygens (including phenoxy) is 2. The SMILES string of the molecule is COc1ccccc1Oc1ccc(NC(C)C(=O)Nc2sccc2C#N)cc1. The quantitative estimate of drug-likeness (QED) is 0.599. The summed E-state index contributed by atoms with van der Waals surface area (Å²) in [6.45, 7) is 1.76. The zero-order valence-corrected chi connectivity index (χ0v) is 16.2. The number of nitrogens with zero attached hydrogens (tertiary/aromatic N) is 1. The topological polar surface area (TPSA) is 83.4 Å². The van der Waals surface area contributed by atoms with Crippen molar-refractivity contribution in [1.29, 1.82) is 5.26 Å². The van der Waals surface area contributed by atoms with Crippen LogP contribution in [0.15, 0.2) is 60.0 Å². The molecule has 0 spiro atoms. The maximum Gasteiger partial charge on any atom is 0.247 e. The summed E-state index contributed by atoms with van der Waals surface area (Å²) >= 11 is 1.32. The van der Waals surface area contributed by atoms with E-state index < -0.39 is 6.04 Å². The number of anilines is 2. The van der Waals surface area contributed by atoms with Crippen molar-refractivity contribution in [2.24, 2.45) is 0 Å². The third-order valence-electron chi connectivity index (χ3n) is 3.95. The molecule has 1 unspecified atom stereocenters. The average Bonchev–Trinajstić information content (AvgIpc) is 3.17. The molecule has 6 nitrogen and oxygen atoms in total. The molecule has 0 saturated heterocycles. The number of thiophene rings is 1. The van der Waals surface area contributed by atoms with Gasteiger partial charge < -0.3 is 20.1 Å². The van der Waals surface area contributed by atoms with E-state index in [9.17, 15) is 4.79 Å². The van der Waals surface area contributed by atoms with Crippen molar-refractivity contribution in [2.75, 3.05) is 17.7 Å². The predicted octanol–water partition coefficient (Wildman–Crippen LogP) is 4.86. The number of hydrogen-bond acceptors (Lipinski definition) is 6. The van der Waals surface area contributed by atoms with Gasteiger partial charge in [0.15, 0.2) is 11.5 Å². The van der Waals surface area contributed by atoms with Gasteiger partial charge in [-0.2, -0.15) is 5.26 Å². The van der Waals surface area contributed by atoms with Crippen molar-refractivity contribution in [1.82, 2.24) is 0 Å². The number of carbonyl (C=O) groups excluding carboxylic acids is 1. The Kier molecular flexibility index (Phi) is 6.14. The highest BCUT2D eigenvalue weighted by Crippen LogP contribution is 2.31. The second-order valence-electron chi connectivity index (χ2n) is 5.91. The van der Waals surface area contributed by atoms with E-state index in [4.69, 9.17) is 14.7 Å². The largest absolute Gasteiger partial charge is 0.493 e. The molecule has 142 valence electrons. The Morgan fingerprint density at radius 2 is 1.82 bits per heavy atom. The fourth-order valence-corrected chi connectivity index (χ4v) is 3.22. The Balaban J connectivity index is 1.60. The summed E-state index contributed by atoms with van der Waals surface area (Å²) in [5.41, 5.74) is 1.24. The van der Waals surface area contributed by atoms with Crippen LogP contribution in [-0.2, 0) is 4.79 Å². The van der Waals surface area contributed by atoms with E-state index in [0.717, 1.165) is 5.69 Å². The minimum Gasteiger partial charge on any atom is -0.493 e. The second-order valence-corrected chi connectivity index (χ2v) is 6.82. The summed E-state index contributed by atoms with van der Waals surface area (Å²) in [6.07, 6.45) is 0. The number of benzene rings is 2. The second kappa shape index (κ2) is 8.93. The van der Waals surface area contributed by atoms with E-state index in [0.29, 0.717) is 27.8 Å². The van der Waals surface area contributed by atoms with E-state index in [2.05, 4.69) is 16.7 Å². The molecule has 0 aliphatic carbocycles. The van der Waals surface area contributed by atoms with Gasteiger partial charge in [0.2, 0.25) is 5.91 Å². The van der Waals surface area contributed by atoms with Crippen molar-refractivity contribution < 1.29 is 14.3 Å². The lowest BCUT2D eigenvalue weighted by Crippen LogP contribution is -2.31. The molecule has 3 aromatic rings. The van der Waals surface area contributed by atoms with Crippen LogP contribution in [0.4, 0.5) is 10.7 Å². The molecule has 2 aromatic carbocycles. The summed E-state index contributed by atoms with van der Waals surface area (Å²) in [6, 6.07) is 18.0. The number of methoxy groups -OCH3 is 1. The van der Waals surface area contributed by atoms with Crippen LogP contribution in [0.3, 0.4) is 0 Å². The summed E-state index contributed by atoms with van der Waals surface area (Å²) in [4.78, 5) is 12.3. The number of nitriles is 1. The molecule has 1 amide bonds. The average molecular weight is 393 g/mol. The Bertz CT molecular complexity index is 993. The van der Waals surface area contributed by atoms with E-state index in [1.54, 1.807) is 25.5 Å². The van der Waals surface area contributed by atoms with E-state index in [1.807, 2.05) is 48.5 Å². The molecule has 7 heteroatoms. The Hall–Kier alpha value is -3.50. The van der Waals surface area contributed by atoms with Gasteiger partial charge in [0.05, 0.1) is 12.7 Å². The van der Waals surface area contributed by atoms with Gasteiger partial charge in [-0.3, -0.25) is 4.79 Å². The zero-order chi connectivity index (χ0) is 19.9. The first-order valence-electron chi connectivity index (χ1n) is 8.56. The molecule has 1 atom stereocenters. The van der Waals surface area contributed by atoms with Crippen molar-refractivity contribution in [2.45, 2.75) is 13.0 Å². The van der Waals surface area contributed by atoms with E-state index in [-0.39, 0.29) is 5.91 Å². The standard InChI is InChI=1S/C21H19N3O3S/c1-14(20(25)24-21-15(13-22)11-12-28-21)23-16-7-9-17(10-8-16)27-19-6-4-3-5-18(19)26-2/h3-12,14,23H,1-2H3,(H,24,25). The Morgan fingerprint density at radius 1 is 1.11 bits per heavy atom. The molecule has 0 bridgehead atoms. The number of nitrogens with one attached hydrogen (secondary N) is 2. The normalized spacial score (nSPS) is 11.2. The lowest BCUT2D eigenvalue weighted by molar-refractivity contribution is -0.116. The van der Waals surface area contributed by atoms with Gasteiger partial charge in [-0.05, 0) is 54.8 Å². The van der Waals surface area contributed by atoms with Crippen LogP contribution in [0.5, 0.6) is 17.2 Å². The Labute approximate surface area is 167 Å². The lowest BCUT2D eigenvalue weighted by atomic mass is 10.2. The predicted molar refractivity (Wildman–Crippen MR) is 110 cm³/mol. The fraction of sp³-hybridized carbons (Fsp3) is 0.143. The minimum absolute atomic E-state index is 0.215. The first-order chi connectivity index (χ1) is 13.6. The van der Waals surface area contributed by atoms with Gasteiger partial charge in [-0.25, -0.2) is 0 Å². The van der Waals surface area contributed by atoms with Gasteiger partial charge in [-0.1, -0.05) is 12.1 Å². The van der Waals surface area contributed by atoms with Gasteiger partial charge in [0.25, 0.3) is 0 Å². The molecule has 0 radical (unpaired) electrons. The van der Waals surface area contributed by atoms with Crippen molar-refractivity contribution in [3.63, 3.8) is 0 Å². The highest BCUT2D eigenvalue weighted by Gasteiger charge is 2.15. The number of carbonyl (C=O) groups is 1. The van der Waals surface area contributed by atoms with Crippen LogP contribution < -0.4 is 20.1 Å². The highest BCUT2D eigenvalue weighted by atomic mass is 32.1. The van der Waals surface area contributed by atoms with Gasteiger partial charge >= 0.3 is 0 Å². The zero-order valence-electron chi connectivity index (χ0n) is 15.4.